The quantitative estimate of drug-likeness (QED) is 0.518. The zero-order valence-electron chi connectivity index (χ0n) is 10.7. The van der Waals surface area contributed by atoms with E-state index in [9.17, 15) is 18.9 Å². The Kier molecular flexibility index (Phi) is 4.43. The second-order valence-corrected chi connectivity index (χ2v) is 5.98. The summed E-state index contributed by atoms with van der Waals surface area (Å²) in [6.45, 7) is 1.09. The lowest BCUT2D eigenvalue weighted by atomic mass is 9.99. The lowest BCUT2D eigenvalue weighted by molar-refractivity contribution is -0.201. The maximum Gasteiger partial charge on any atom is 0.336 e. The van der Waals surface area contributed by atoms with Crippen molar-refractivity contribution in [2.75, 3.05) is 19.3 Å². The van der Waals surface area contributed by atoms with Crippen molar-refractivity contribution >= 4 is 29.1 Å². The number of hydrogen-bond acceptors (Lipinski definition) is 6. The highest BCUT2D eigenvalue weighted by Gasteiger charge is 2.36. The molecule has 0 radical (unpaired) electrons. The van der Waals surface area contributed by atoms with E-state index < -0.39 is 29.1 Å². The van der Waals surface area contributed by atoms with Gasteiger partial charge in [0.2, 0.25) is 0 Å². The number of piperidine rings is 1. The summed E-state index contributed by atoms with van der Waals surface area (Å²) < 4.78 is 13.0. The first-order valence-electron chi connectivity index (χ1n) is 6.15. The first-order valence-corrected chi connectivity index (χ1v) is 7.66. The van der Waals surface area contributed by atoms with Crippen LogP contribution in [0.25, 0.3) is 0 Å². The van der Waals surface area contributed by atoms with Gasteiger partial charge in [0.1, 0.15) is 6.26 Å². The molecule has 2 aliphatic heterocycles. The topological polar surface area (TPSA) is 90.0 Å². The minimum Gasteiger partial charge on any atom is -0.598 e. The SMILES string of the molecule is C[S@+]([O-])N1CCC(C(=O)ON2C(=O)CCC2=O)CC1. The lowest BCUT2D eigenvalue weighted by Crippen LogP contribution is -2.42. The number of rotatable bonds is 3. The predicted molar refractivity (Wildman–Crippen MR) is 65.5 cm³/mol. The second kappa shape index (κ2) is 5.89. The molecule has 2 aliphatic rings. The third kappa shape index (κ3) is 3.26. The molecule has 1 atom stereocenters. The third-order valence-electron chi connectivity index (χ3n) is 3.34. The van der Waals surface area contributed by atoms with E-state index in [1.165, 1.54) is 0 Å². The van der Waals surface area contributed by atoms with Crippen LogP contribution < -0.4 is 0 Å². The molecule has 2 fully saturated rings. The Bertz CT molecular complexity index is 377. The molecule has 2 saturated heterocycles. The van der Waals surface area contributed by atoms with Crippen LogP contribution in [0.2, 0.25) is 0 Å². The molecule has 2 amide bonds. The molecule has 8 heteroatoms. The van der Waals surface area contributed by atoms with Crippen molar-refractivity contribution in [1.29, 1.82) is 0 Å². The Balaban J connectivity index is 1.85. The van der Waals surface area contributed by atoms with Crippen molar-refractivity contribution in [3.63, 3.8) is 0 Å². The molecule has 0 saturated carbocycles. The number of carbonyl (C=O) groups excluding carboxylic acids is 3. The van der Waals surface area contributed by atoms with Gasteiger partial charge in [-0.1, -0.05) is 0 Å². The van der Waals surface area contributed by atoms with Crippen LogP contribution >= 0.6 is 0 Å². The highest BCUT2D eigenvalue weighted by Crippen LogP contribution is 2.22. The first-order chi connectivity index (χ1) is 8.99. The van der Waals surface area contributed by atoms with E-state index in [1.807, 2.05) is 0 Å². The summed E-state index contributed by atoms with van der Waals surface area (Å²) in [5.74, 6) is -1.83. The van der Waals surface area contributed by atoms with Gasteiger partial charge in [-0.05, 0) is 12.8 Å². The van der Waals surface area contributed by atoms with E-state index in [0.29, 0.717) is 31.0 Å². The van der Waals surface area contributed by atoms with Gasteiger partial charge >= 0.3 is 5.97 Å². The third-order valence-corrected chi connectivity index (χ3v) is 4.43. The minimum atomic E-state index is -1.03. The van der Waals surface area contributed by atoms with Crippen LogP contribution in [0.4, 0.5) is 0 Å². The van der Waals surface area contributed by atoms with Crippen LogP contribution in [0.1, 0.15) is 25.7 Å². The van der Waals surface area contributed by atoms with Crippen molar-refractivity contribution in [3.05, 3.63) is 0 Å². The van der Waals surface area contributed by atoms with E-state index in [-0.39, 0.29) is 18.8 Å². The number of amides is 2. The van der Waals surface area contributed by atoms with Crippen LogP contribution in [0.3, 0.4) is 0 Å². The van der Waals surface area contributed by atoms with Crippen LogP contribution in [-0.4, -0.2) is 51.1 Å². The average Bonchev–Trinajstić information content (AvgIpc) is 2.70. The first kappa shape index (κ1) is 14.3. The Hall–Kier alpha value is -1.12. The molecule has 0 N–H and O–H groups in total. The smallest absolute Gasteiger partial charge is 0.336 e. The Morgan fingerprint density at radius 3 is 2.26 bits per heavy atom. The molecular weight excluding hydrogens is 272 g/mol. The minimum absolute atomic E-state index is 0.0966. The summed E-state index contributed by atoms with van der Waals surface area (Å²) in [6.07, 6.45) is 2.84. The molecule has 7 nitrogen and oxygen atoms in total. The standard InChI is InChI=1S/C11H16N2O5S/c1-19(17)12-6-4-8(5-7-12)11(16)18-13-9(14)2-3-10(13)15/h8H,2-7H2,1H3/t19-/m0/s1. The lowest BCUT2D eigenvalue weighted by Gasteiger charge is -2.29. The molecule has 106 valence electrons. The molecule has 0 aromatic heterocycles. The normalized spacial score (nSPS) is 23.8. The zero-order chi connectivity index (χ0) is 14.0. The summed E-state index contributed by atoms with van der Waals surface area (Å²) in [4.78, 5) is 39.4. The largest absolute Gasteiger partial charge is 0.598 e. The summed E-state index contributed by atoms with van der Waals surface area (Å²) in [6, 6.07) is 0. The van der Waals surface area contributed by atoms with Crippen molar-refractivity contribution in [3.8, 4) is 0 Å². The molecule has 2 rings (SSSR count). The summed E-state index contributed by atoms with van der Waals surface area (Å²) in [5.41, 5.74) is 0. The summed E-state index contributed by atoms with van der Waals surface area (Å²) >= 11 is -1.03. The zero-order valence-corrected chi connectivity index (χ0v) is 11.5. The van der Waals surface area contributed by atoms with Gasteiger partial charge in [0.25, 0.3) is 11.8 Å². The molecule has 0 aromatic carbocycles. The van der Waals surface area contributed by atoms with Gasteiger partial charge in [0, 0.05) is 37.3 Å². The highest BCUT2D eigenvalue weighted by atomic mass is 32.2. The maximum atomic E-state index is 11.9. The van der Waals surface area contributed by atoms with Crippen molar-refractivity contribution in [2.24, 2.45) is 5.92 Å². The Morgan fingerprint density at radius 2 is 1.79 bits per heavy atom. The number of hydroxylamine groups is 2. The van der Waals surface area contributed by atoms with Crippen LogP contribution in [0, 0.1) is 5.92 Å². The maximum absolute atomic E-state index is 11.9. The molecule has 19 heavy (non-hydrogen) atoms. The fraction of sp³-hybridized carbons (Fsp3) is 0.727. The predicted octanol–water partition coefficient (Wildman–Crippen LogP) is -0.401. The van der Waals surface area contributed by atoms with Crippen LogP contribution in [-0.2, 0) is 30.6 Å². The fourth-order valence-corrected chi connectivity index (χ4v) is 2.90. The molecule has 0 bridgehead atoms. The van der Waals surface area contributed by atoms with Crippen LogP contribution in [0.5, 0.6) is 0 Å². The number of hydrogen-bond donors (Lipinski definition) is 0. The number of imide groups is 1. The monoisotopic (exact) mass is 288 g/mol. The fourth-order valence-electron chi connectivity index (χ4n) is 2.17. The van der Waals surface area contributed by atoms with Crippen molar-refractivity contribution < 1.29 is 23.8 Å². The van der Waals surface area contributed by atoms with Gasteiger partial charge in [0.05, 0.1) is 5.92 Å². The van der Waals surface area contributed by atoms with Gasteiger partial charge in [-0.15, -0.1) is 9.37 Å². The van der Waals surface area contributed by atoms with Gasteiger partial charge in [0.15, 0.2) is 0 Å². The highest BCUT2D eigenvalue weighted by molar-refractivity contribution is 7.88. The van der Waals surface area contributed by atoms with Gasteiger partial charge in [-0.25, -0.2) is 4.79 Å². The van der Waals surface area contributed by atoms with E-state index in [1.54, 1.807) is 10.6 Å². The van der Waals surface area contributed by atoms with Crippen LogP contribution in [0.15, 0.2) is 0 Å². The number of carbonyl (C=O) groups is 3. The Labute approximate surface area is 114 Å². The molecule has 0 unspecified atom stereocenters. The Morgan fingerprint density at radius 1 is 1.26 bits per heavy atom. The average molecular weight is 288 g/mol. The second-order valence-electron chi connectivity index (χ2n) is 4.62. The van der Waals surface area contributed by atoms with E-state index >= 15 is 0 Å². The number of nitrogens with zero attached hydrogens (tertiary/aromatic N) is 2. The summed E-state index contributed by atoms with van der Waals surface area (Å²) in [5, 5.41) is 0.576. The van der Waals surface area contributed by atoms with E-state index in [4.69, 9.17) is 4.84 Å². The molecule has 0 spiro atoms. The summed E-state index contributed by atoms with van der Waals surface area (Å²) in [7, 11) is 0. The van der Waals surface area contributed by atoms with Crippen molar-refractivity contribution in [1.82, 2.24) is 9.37 Å². The molecular formula is C11H16N2O5S. The van der Waals surface area contributed by atoms with Crippen molar-refractivity contribution in [2.45, 2.75) is 25.7 Å². The molecule has 0 aliphatic carbocycles. The van der Waals surface area contributed by atoms with E-state index in [2.05, 4.69) is 0 Å². The van der Waals surface area contributed by atoms with Gasteiger partial charge in [-0.2, -0.15) is 0 Å². The van der Waals surface area contributed by atoms with Gasteiger partial charge in [-0.3, -0.25) is 9.59 Å². The molecule has 2 heterocycles. The van der Waals surface area contributed by atoms with E-state index in [0.717, 1.165) is 0 Å². The van der Waals surface area contributed by atoms with Gasteiger partial charge < -0.3 is 9.39 Å². The molecule has 0 aromatic rings.